The van der Waals surface area contributed by atoms with Gasteiger partial charge in [-0.1, -0.05) is 38.1 Å². The number of methoxy groups -OCH3 is 2. The Morgan fingerprint density at radius 1 is 0.800 bits per heavy atom. The van der Waals surface area contributed by atoms with Gasteiger partial charge in [-0.2, -0.15) is 0 Å². The molecule has 3 rings (SSSR count). The van der Waals surface area contributed by atoms with Crippen molar-refractivity contribution in [2.24, 2.45) is 5.92 Å². The van der Waals surface area contributed by atoms with Crippen LogP contribution in [0.4, 0.5) is 4.39 Å². The predicted octanol–water partition coefficient (Wildman–Crippen LogP) is 3.40. The van der Waals surface area contributed by atoms with E-state index in [-0.39, 0.29) is 24.9 Å². The molecule has 2 aromatic rings. The maximum Gasteiger partial charge on any atom is 0.279 e. The number of alkyl halides is 1. The number of rotatable bonds is 7. The van der Waals surface area contributed by atoms with Crippen LogP contribution in [-0.4, -0.2) is 48.2 Å². The SMILES string of the molecule is COc1ccc(CN2C(=O)[C@H](F)N(Cc3ccc(OC)cc3)C(=O)[C@@H]2C(C)C)cc1. The van der Waals surface area contributed by atoms with Gasteiger partial charge >= 0.3 is 0 Å². The summed E-state index contributed by atoms with van der Waals surface area (Å²) in [4.78, 5) is 28.5. The van der Waals surface area contributed by atoms with Crippen molar-refractivity contribution < 1.29 is 23.5 Å². The Morgan fingerprint density at radius 2 is 1.23 bits per heavy atom. The largest absolute Gasteiger partial charge is 0.497 e. The Bertz CT molecular complexity index is 883. The molecule has 30 heavy (non-hydrogen) atoms. The maximum atomic E-state index is 15.1. The fourth-order valence-corrected chi connectivity index (χ4v) is 3.66. The Labute approximate surface area is 176 Å². The van der Waals surface area contributed by atoms with E-state index in [0.29, 0.717) is 11.5 Å². The van der Waals surface area contributed by atoms with Gasteiger partial charge in [0.1, 0.15) is 17.5 Å². The van der Waals surface area contributed by atoms with Crippen molar-refractivity contribution >= 4 is 11.8 Å². The van der Waals surface area contributed by atoms with Gasteiger partial charge in [-0.25, -0.2) is 4.39 Å². The lowest BCUT2D eigenvalue weighted by molar-refractivity contribution is -0.173. The first-order valence-corrected chi connectivity index (χ1v) is 9.86. The highest BCUT2D eigenvalue weighted by atomic mass is 19.1. The molecule has 0 unspecified atom stereocenters. The Morgan fingerprint density at radius 3 is 1.63 bits per heavy atom. The second kappa shape index (κ2) is 9.15. The number of carbonyl (C=O) groups excluding carboxylic acids is 2. The Hall–Kier alpha value is -3.09. The smallest absolute Gasteiger partial charge is 0.279 e. The lowest BCUT2D eigenvalue weighted by Gasteiger charge is -2.43. The highest BCUT2D eigenvalue weighted by Gasteiger charge is 2.47. The van der Waals surface area contributed by atoms with Gasteiger partial charge in [0.05, 0.1) is 14.2 Å². The fraction of sp³-hybridized carbons (Fsp3) is 0.391. The molecular weight excluding hydrogens is 387 g/mol. The van der Waals surface area contributed by atoms with Crippen LogP contribution in [-0.2, 0) is 22.7 Å². The molecule has 2 aromatic carbocycles. The zero-order chi connectivity index (χ0) is 21.8. The van der Waals surface area contributed by atoms with E-state index in [1.54, 1.807) is 50.6 Å². The predicted molar refractivity (Wildman–Crippen MR) is 111 cm³/mol. The minimum Gasteiger partial charge on any atom is -0.497 e. The van der Waals surface area contributed by atoms with Crippen LogP contribution in [0.5, 0.6) is 11.5 Å². The number of benzene rings is 2. The van der Waals surface area contributed by atoms with E-state index in [4.69, 9.17) is 9.47 Å². The van der Waals surface area contributed by atoms with Crippen molar-refractivity contribution in [1.29, 1.82) is 0 Å². The molecule has 0 N–H and O–H groups in total. The lowest BCUT2D eigenvalue weighted by atomic mass is 9.96. The first-order valence-electron chi connectivity index (χ1n) is 9.86. The molecule has 1 aliphatic heterocycles. The molecule has 6 nitrogen and oxygen atoms in total. The number of nitrogens with zero attached hydrogens (tertiary/aromatic N) is 2. The number of piperazine rings is 1. The van der Waals surface area contributed by atoms with Gasteiger partial charge in [0.15, 0.2) is 0 Å². The molecule has 0 aromatic heterocycles. The quantitative estimate of drug-likeness (QED) is 0.652. The average molecular weight is 414 g/mol. The van der Waals surface area contributed by atoms with Crippen molar-refractivity contribution in [3.63, 3.8) is 0 Å². The zero-order valence-electron chi connectivity index (χ0n) is 17.7. The third-order valence-electron chi connectivity index (χ3n) is 5.29. The number of amides is 2. The monoisotopic (exact) mass is 414 g/mol. The van der Waals surface area contributed by atoms with E-state index in [1.807, 2.05) is 26.0 Å². The van der Waals surface area contributed by atoms with Crippen molar-refractivity contribution in [1.82, 2.24) is 9.80 Å². The second-order valence-corrected chi connectivity index (χ2v) is 7.65. The summed E-state index contributed by atoms with van der Waals surface area (Å²) in [5.41, 5.74) is 1.53. The summed E-state index contributed by atoms with van der Waals surface area (Å²) in [5, 5.41) is 0. The van der Waals surface area contributed by atoms with Gasteiger partial charge in [-0.05, 0) is 41.3 Å². The third-order valence-corrected chi connectivity index (χ3v) is 5.29. The standard InChI is InChI=1S/C23H27FN2O4/c1-15(2)20-22(27)26(14-17-7-11-19(30-4)12-8-17)21(24)23(28)25(20)13-16-5-9-18(29-3)10-6-16/h5-12,15,20-21H,13-14H2,1-4H3/t20-,21+/m0/s1. The van der Waals surface area contributed by atoms with Crippen LogP contribution in [0.1, 0.15) is 25.0 Å². The number of hydrogen-bond donors (Lipinski definition) is 0. The maximum absolute atomic E-state index is 15.1. The van der Waals surface area contributed by atoms with Crippen LogP contribution >= 0.6 is 0 Å². The third kappa shape index (κ3) is 4.40. The van der Waals surface area contributed by atoms with Crippen LogP contribution in [0.25, 0.3) is 0 Å². The molecule has 2 atom stereocenters. The summed E-state index contributed by atoms with van der Waals surface area (Å²) in [6, 6.07) is 13.5. The first-order chi connectivity index (χ1) is 14.3. The highest BCUT2D eigenvalue weighted by molar-refractivity contribution is 5.96. The van der Waals surface area contributed by atoms with Crippen LogP contribution in [0.2, 0.25) is 0 Å². The summed E-state index contributed by atoms with van der Waals surface area (Å²) >= 11 is 0. The van der Waals surface area contributed by atoms with Crippen LogP contribution in [0.3, 0.4) is 0 Å². The van der Waals surface area contributed by atoms with Crippen LogP contribution < -0.4 is 9.47 Å². The molecule has 2 amide bonds. The van der Waals surface area contributed by atoms with Gasteiger partial charge in [0, 0.05) is 13.1 Å². The summed E-state index contributed by atoms with van der Waals surface area (Å²) in [7, 11) is 3.13. The molecule has 1 heterocycles. The molecule has 160 valence electrons. The van der Waals surface area contributed by atoms with E-state index in [2.05, 4.69) is 0 Å². The van der Waals surface area contributed by atoms with Crippen LogP contribution in [0, 0.1) is 5.92 Å². The molecular formula is C23H27FN2O4. The van der Waals surface area contributed by atoms with Gasteiger partial charge in [0.2, 0.25) is 5.91 Å². The summed E-state index contributed by atoms with van der Waals surface area (Å²) in [6.07, 6.45) is -2.02. The molecule has 0 spiro atoms. The molecule has 0 bridgehead atoms. The summed E-state index contributed by atoms with van der Waals surface area (Å²) in [6.45, 7) is 3.91. The van der Waals surface area contributed by atoms with E-state index in [9.17, 15) is 9.59 Å². The number of hydrogen-bond acceptors (Lipinski definition) is 4. The molecule has 1 saturated heterocycles. The Kier molecular flexibility index (Phi) is 6.59. The Balaban J connectivity index is 1.83. The van der Waals surface area contributed by atoms with Crippen LogP contribution in [0.15, 0.2) is 48.5 Å². The molecule has 1 aliphatic rings. The lowest BCUT2D eigenvalue weighted by Crippen LogP contribution is -2.64. The number of ether oxygens (including phenoxy) is 2. The number of carbonyl (C=O) groups is 2. The second-order valence-electron chi connectivity index (χ2n) is 7.65. The molecule has 0 saturated carbocycles. The topological polar surface area (TPSA) is 59.1 Å². The zero-order valence-corrected chi connectivity index (χ0v) is 17.7. The van der Waals surface area contributed by atoms with Gasteiger partial charge in [-0.3, -0.25) is 14.5 Å². The van der Waals surface area contributed by atoms with Crippen molar-refractivity contribution in [2.75, 3.05) is 14.2 Å². The van der Waals surface area contributed by atoms with Crippen molar-refractivity contribution in [3.05, 3.63) is 59.7 Å². The normalized spacial score (nSPS) is 19.4. The van der Waals surface area contributed by atoms with Gasteiger partial charge < -0.3 is 14.4 Å². The summed E-state index contributed by atoms with van der Waals surface area (Å²) < 4.78 is 25.4. The molecule has 7 heteroatoms. The van der Waals surface area contributed by atoms with E-state index >= 15 is 4.39 Å². The average Bonchev–Trinajstić information content (AvgIpc) is 2.75. The van der Waals surface area contributed by atoms with Crippen molar-refractivity contribution in [3.8, 4) is 11.5 Å². The minimum absolute atomic E-state index is 0.0231. The molecule has 0 aliphatic carbocycles. The fourth-order valence-electron chi connectivity index (χ4n) is 3.66. The molecule has 0 radical (unpaired) electrons. The summed E-state index contributed by atoms with van der Waals surface area (Å²) in [5.74, 6) is 0.112. The van der Waals surface area contributed by atoms with E-state index in [1.165, 1.54) is 4.90 Å². The number of halogens is 1. The first kappa shape index (κ1) is 21.6. The highest BCUT2D eigenvalue weighted by Crippen LogP contribution is 2.28. The van der Waals surface area contributed by atoms with Gasteiger partial charge in [0.25, 0.3) is 12.2 Å². The van der Waals surface area contributed by atoms with E-state index < -0.39 is 18.2 Å². The molecule has 1 fully saturated rings. The minimum atomic E-state index is -2.02. The van der Waals surface area contributed by atoms with E-state index in [0.717, 1.165) is 16.0 Å². The van der Waals surface area contributed by atoms with Crippen molar-refractivity contribution in [2.45, 2.75) is 39.3 Å². The van der Waals surface area contributed by atoms with Gasteiger partial charge in [-0.15, -0.1) is 0 Å².